The van der Waals surface area contributed by atoms with Gasteiger partial charge in [0.05, 0.1) is 5.69 Å². The number of rotatable bonds is 2. The highest BCUT2D eigenvalue weighted by molar-refractivity contribution is 6.07. The molecular weight excluding hydrogens is 232 g/mol. The van der Waals surface area contributed by atoms with E-state index < -0.39 is 0 Å². The molecule has 0 atom stereocenters. The fraction of sp³-hybridized carbons (Fsp3) is 0. The molecule has 88 valence electrons. The molecule has 0 heterocycles. The summed E-state index contributed by atoms with van der Waals surface area (Å²) in [7, 11) is 0. The first-order chi connectivity index (χ1) is 8.69. The van der Waals surface area contributed by atoms with Crippen molar-refractivity contribution in [2.75, 3.05) is 11.5 Å². The molecule has 0 bridgehead atoms. The molecule has 0 aliphatic rings. The van der Waals surface area contributed by atoms with Crippen LogP contribution in [-0.4, -0.2) is 12.2 Å². The van der Waals surface area contributed by atoms with E-state index in [1.54, 1.807) is 18.2 Å². The minimum atomic E-state index is 0.0893. The van der Waals surface area contributed by atoms with Gasteiger partial charge in [-0.2, -0.15) is 9.98 Å². The number of nitrogen functional groups attached to an aromatic ring is 2. The Labute approximate surface area is 102 Å². The Morgan fingerprint density at radius 2 is 1.72 bits per heavy atom. The third kappa shape index (κ3) is 1.74. The van der Waals surface area contributed by atoms with Gasteiger partial charge in [0.15, 0.2) is 0 Å². The number of aliphatic imine (C=N–C) groups is 2. The second-order valence-corrected chi connectivity index (χ2v) is 3.51. The first-order valence-electron chi connectivity index (χ1n) is 4.95. The molecule has 0 saturated carbocycles. The SMILES string of the molecule is Nc1cccc2c(N)c(N=C=O)c(N=C=O)cc12. The Hall–Kier alpha value is -2.94. The molecule has 2 aromatic carbocycles. The van der Waals surface area contributed by atoms with Crippen molar-refractivity contribution in [1.29, 1.82) is 0 Å². The summed E-state index contributed by atoms with van der Waals surface area (Å²) in [4.78, 5) is 27.7. The smallest absolute Gasteiger partial charge is 0.240 e. The van der Waals surface area contributed by atoms with E-state index in [4.69, 9.17) is 11.5 Å². The van der Waals surface area contributed by atoms with E-state index in [9.17, 15) is 9.59 Å². The summed E-state index contributed by atoms with van der Waals surface area (Å²) >= 11 is 0. The average molecular weight is 240 g/mol. The van der Waals surface area contributed by atoms with E-state index in [0.29, 0.717) is 16.5 Å². The van der Waals surface area contributed by atoms with Gasteiger partial charge in [-0.25, -0.2) is 9.59 Å². The molecule has 0 saturated heterocycles. The van der Waals surface area contributed by atoms with Gasteiger partial charge in [0.2, 0.25) is 12.2 Å². The predicted octanol–water partition coefficient (Wildman–Crippen LogP) is 1.94. The van der Waals surface area contributed by atoms with E-state index in [1.807, 2.05) is 0 Å². The molecule has 4 N–H and O–H groups in total. The van der Waals surface area contributed by atoms with Crippen molar-refractivity contribution in [2.45, 2.75) is 0 Å². The molecule has 0 spiro atoms. The second kappa shape index (κ2) is 4.51. The van der Waals surface area contributed by atoms with Crippen LogP contribution in [0.3, 0.4) is 0 Å². The third-order valence-electron chi connectivity index (χ3n) is 2.53. The van der Waals surface area contributed by atoms with Crippen LogP contribution < -0.4 is 11.5 Å². The molecule has 6 nitrogen and oxygen atoms in total. The van der Waals surface area contributed by atoms with Crippen LogP contribution in [0, 0.1) is 0 Å². The maximum Gasteiger partial charge on any atom is 0.240 e. The third-order valence-corrected chi connectivity index (χ3v) is 2.53. The normalized spacial score (nSPS) is 9.56. The van der Waals surface area contributed by atoms with Gasteiger partial charge in [0.1, 0.15) is 11.4 Å². The van der Waals surface area contributed by atoms with Crippen LogP contribution in [0.1, 0.15) is 0 Å². The number of hydrogen-bond donors (Lipinski definition) is 2. The Morgan fingerprint density at radius 1 is 1.00 bits per heavy atom. The van der Waals surface area contributed by atoms with Gasteiger partial charge >= 0.3 is 0 Å². The summed E-state index contributed by atoms with van der Waals surface area (Å²) in [5.41, 5.74) is 12.6. The van der Waals surface area contributed by atoms with Crippen LogP contribution in [0.25, 0.3) is 10.8 Å². The Morgan fingerprint density at radius 3 is 2.39 bits per heavy atom. The summed E-state index contributed by atoms with van der Waals surface area (Å²) < 4.78 is 0. The average Bonchev–Trinajstić information content (AvgIpc) is 2.36. The van der Waals surface area contributed by atoms with Crippen molar-refractivity contribution in [3.8, 4) is 0 Å². The number of benzene rings is 2. The number of fused-ring (bicyclic) bond motifs is 1. The summed E-state index contributed by atoms with van der Waals surface area (Å²) in [5, 5.41) is 1.27. The summed E-state index contributed by atoms with van der Waals surface area (Å²) in [6.07, 6.45) is 2.76. The highest BCUT2D eigenvalue weighted by Gasteiger charge is 2.11. The highest BCUT2D eigenvalue weighted by Crippen LogP contribution is 2.41. The molecular formula is C12H8N4O2. The Bertz CT molecular complexity index is 726. The van der Waals surface area contributed by atoms with Gasteiger partial charge in [-0.15, -0.1) is 0 Å². The lowest BCUT2D eigenvalue weighted by Crippen LogP contribution is -1.92. The van der Waals surface area contributed by atoms with Crippen LogP contribution >= 0.6 is 0 Å². The lowest BCUT2D eigenvalue weighted by Gasteiger charge is -2.08. The topological polar surface area (TPSA) is 111 Å². The maximum absolute atomic E-state index is 10.4. The zero-order valence-electron chi connectivity index (χ0n) is 9.18. The molecule has 0 unspecified atom stereocenters. The van der Waals surface area contributed by atoms with Crippen molar-refractivity contribution >= 4 is 45.7 Å². The van der Waals surface area contributed by atoms with Crippen molar-refractivity contribution in [2.24, 2.45) is 9.98 Å². The van der Waals surface area contributed by atoms with Gasteiger partial charge in [-0.05, 0) is 12.1 Å². The monoisotopic (exact) mass is 240 g/mol. The van der Waals surface area contributed by atoms with Gasteiger partial charge in [0, 0.05) is 16.5 Å². The molecule has 0 fully saturated rings. The van der Waals surface area contributed by atoms with Gasteiger partial charge < -0.3 is 11.5 Å². The summed E-state index contributed by atoms with van der Waals surface area (Å²) in [6, 6.07) is 6.69. The van der Waals surface area contributed by atoms with Gasteiger partial charge in [-0.3, -0.25) is 0 Å². The zero-order chi connectivity index (χ0) is 13.1. The minimum absolute atomic E-state index is 0.0893. The first kappa shape index (κ1) is 11.5. The minimum Gasteiger partial charge on any atom is -0.398 e. The number of carbonyl (C=O) groups excluding carboxylic acids is 2. The molecule has 0 radical (unpaired) electrons. The largest absolute Gasteiger partial charge is 0.398 e. The lowest BCUT2D eigenvalue weighted by molar-refractivity contribution is 0.564. The molecule has 0 aliphatic heterocycles. The van der Waals surface area contributed by atoms with Crippen LogP contribution in [0.2, 0.25) is 0 Å². The van der Waals surface area contributed by atoms with E-state index in [2.05, 4.69) is 9.98 Å². The second-order valence-electron chi connectivity index (χ2n) is 3.51. The Kier molecular flexibility index (Phi) is 2.89. The van der Waals surface area contributed by atoms with E-state index >= 15 is 0 Å². The fourth-order valence-electron chi connectivity index (χ4n) is 1.75. The van der Waals surface area contributed by atoms with Crippen LogP contribution in [0.15, 0.2) is 34.3 Å². The molecule has 6 heteroatoms. The highest BCUT2D eigenvalue weighted by atomic mass is 16.1. The number of nitrogens with two attached hydrogens (primary N) is 2. The van der Waals surface area contributed by atoms with E-state index in [1.165, 1.54) is 18.2 Å². The van der Waals surface area contributed by atoms with Crippen molar-refractivity contribution < 1.29 is 9.59 Å². The Balaban J connectivity index is 2.98. The molecule has 0 amide bonds. The molecule has 0 aliphatic carbocycles. The van der Waals surface area contributed by atoms with Crippen LogP contribution in [-0.2, 0) is 9.59 Å². The standard InChI is InChI=1S/C12H8N4O2/c13-9-3-1-2-7-8(9)4-10(15-5-17)12(11(7)14)16-6-18/h1-4H,13-14H2. The maximum atomic E-state index is 10.4. The molecule has 2 rings (SSSR count). The number of isocyanates is 2. The summed E-state index contributed by atoms with van der Waals surface area (Å²) in [6.45, 7) is 0. The predicted molar refractivity (Wildman–Crippen MR) is 68.3 cm³/mol. The van der Waals surface area contributed by atoms with Crippen molar-refractivity contribution in [3.63, 3.8) is 0 Å². The zero-order valence-corrected chi connectivity index (χ0v) is 9.18. The van der Waals surface area contributed by atoms with Crippen LogP contribution in [0.4, 0.5) is 22.7 Å². The first-order valence-corrected chi connectivity index (χ1v) is 4.95. The molecule has 18 heavy (non-hydrogen) atoms. The molecule has 2 aromatic rings. The fourth-order valence-corrected chi connectivity index (χ4v) is 1.75. The van der Waals surface area contributed by atoms with E-state index in [-0.39, 0.29) is 17.1 Å². The number of hydrogen-bond acceptors (Lipinski definition) is 6. The quantitative estimate of drug-likeness (QED) is 0.474. The van der Waals surface area contributed by atoms with E-state index in [0.717, 1.165) is 0 Å². The summed E-state index contributed by atoms with van der Waals surface area (Å²) in [5.74, 6) is 0. The van der Waals surface area contributed by atoms with Crippen molar-refractivity contribution in [1.82, 2.24) is 0 Å². The molecule has 0 aromatic heterocycles. The van der Waals surface area contributed by atoms with Gasteiger partial charge in [-0.1, -0.05) is 12.1 Å². The lowest BCUT2D eigenvalue weighted by atomic mass is 10.0. The van der Waals surface area contributed by atoms with Crippen molar-refractivity contribution in [3.05, 3.63) is 24.3 Å². The van der Waals surface area contributed by atoms with Crippen LogP contribution in [0.5, 0.6) is 0 Å². The van der Waals surface area contributed by atoms with Gasteiger partial charge in [0.25, 0.3) is 0 Å². The number of anilines is 2. The number of nitrogens with zero attached hydrogens (tertiary/aromatic N) is 2.